The molecule has 1 aliphatic heterocycles. The van der Waals surface area contributed by atoms with Gasteiger partial charge in [0.25, 0.3) is 0 Å². The Labute approximate surface area is 109 Å². The molecule has 18 heavy (non-hydrogen) atoms. The van der Waals surface area contributed by atoms with Gasteiger partial charge < -0.3 is 10.1 Å². The molecule has 0 bridgehead atoms. The highest BCUT2D eigenvalue weighted by atomic mass is 16.5. The highest BCUT2D eigenvalue weighted by Gasteiger charge is 2.19. The summed E-state index contributed by atoms with van der Waals surface area (Å²) >= 11 is 0. The number of ether oxygens (including phenoxy) is 1. The first-order valence-corrected chi connectivity index (χ1v) is 7.03. The van der Waals surface area contributed by atoms with Crippen LogP contribution in [0.1, 0.15) is 50.5 Å². The van der Waals surface area contributed by atoms with Crippen LogP contribution in [0.25, 0.3) is 0 Å². The number of nitrogens with one attached hydrogen (secondary N) is 1. The third-order valence-corrected chi connectivity index (χ3v) is 3.24. The van der Waals surface area contributed by atoms with Gasteiger partial charge in [-0.05, 0) is 25.7 Å². The topological polar surface area (TPSA) is 47.0 Å². The van der Waals surface area contributed by atoms with Crippen LogP contribution in [0.3, 0.4) is 0 Å². The molecule has 1 fully saturated rings. The van der Waals surface area contributed by atoms with Gasteiger partial charge in [-0.2, -0.15) is 0 Å². The maximum atomic E-state index is 5.53. The maximum Gasteiger partial charge on any atom is 0.136 e. The molecule has 1 unspecified atom stereocenters. The van der Waals surface area contributed by atoms with E-state index in [-0.39, 0.29) is 0 Å². The Morgan fingerprint density at radius 1 is 1.39 bits per heavy atom. The summed E-state index contributed by atoms with van der Waals surface area (Å²) < 4.78 is 5.53. The first-order valence-electron chi connectivity index (χ1n) is 7.03. The molecule has 0 saturated carbocycles. The Balaban J connectivity index is 2.16. The van der Waals surface area contributed by atoms with Crippen molar-refractivity contribution in [1.29, 1.82) is 0 Å². The van der Waals surface area contributed by atoms with Crippen LogP contribution in [0.5, 0.6) is 0 Å². The van der Waals surface area contributed by atoms with Crippen LogP contribution in [0.2, 0.25) is 0 Å². The Morgan fingerprint density at radius 3 is 2.94 bits per heavy atom. The summed E-state index contributed by atoms with van der Waals surface area (Å²) in [6, 6.07) is 2.06. The van der Waals surface area contributed by atoms with Crippen LogP contribution in [-0.2, 0) is 11.2 Å². The van der Waals surface area contributed by atoms with Gasteiger partial charge in [0.1, 0.15) is 11.6 Å². The summed E-state index contributed by atoms with van der Waals surface area (Å²) in [6.07, 6.45) is 4.31. The molecule has 2 rings (SSSR count). The predicted octanol–water partition coefficient (Wildman–Crippen LogP) is 2.75. The number of aryl methyl sites for hydroxylation is 1. The van der Waals surface area contributed by atoms with Gasteiger partial charge >= 0.3 is 0 Å². The molecule has 100 valence electrons. The molecule has 2 heterocycles. The fourth-order valence-corrected chi connectivity index (χ4v) is 2.17. The normalized spacial score (nSPS) is 19.8. The van der Waals surface area contributed by atoms with E-state index >= 15 is 0 Å². The average molecular weight is 249 g/mol. The minimum Gasteiger partial charge on any atom is -0.381 e. The van der Waals surface area contributed by atoms with Gasteiger partial charge in [-0.25, -0.2) is 9.97 Å². The van der Waals surface area contributed by atoms with Crippen LogP contribution < -0.4 is 5.32 Å². The maximum absolute atomic E-state index is 5.53. The van der Waals surface area contributed by atoms with Gasteiger partial charge in [0, 0.05) is 30.8 Å². The molecule has 4 nitrogen and oxygen atoms in total. The molecule has 0 spiro atoms. The van der Waals surface area contributed by atoms with Crippen molar-refractivity contribution in [1.82, 2.24) is 9.97 Å². The predicted molar refractivity (Wildman–Crippen MR) is 73.0 cm³/mol. The molecular formula is C14H23N3O. The van der Waals surface area contributed by atoms with E-state index in [4.69, 9.17) is 4.74 Å². The molecule has 1 aliphatic rings. The number of hydrogen-bond acceptors (Lipinski definition) is 4. The second kappa shape index (κ2) is 6.69. The number of nitrogens with zero attached hydrogens (tertiary/aromatic N) is 2. The standard InChI is InChI=1S/C14H23N3O/c1-3-7-15-13-9-12(4-2)16-14(17-13)11-6-5-8-18-10-11/h9,11H,3-8,10H2,1-2H3,(H,15,16,17). The van der Waals surface area contributed by atoms with Crippen molar-refractivity contribution in [2.75, 3.05) is 25.1 Å². The van der Waals surface area contributed by atoms with Crippen molar-refractivity contribution in [3.63, 3.8) is 0 Å². The van der Waals surface area contributed by atoms with E-state index in [0.29, 0.717) is 5.92 Å². The lowest BCUT2D eigenvalue weighted by Crippen LogP contribution is -2.19. The van der Waals surface area contributed by atoms with Gasteiger partial charge in [-0.1, -0.05) is 13.8 Å². The molecule has 0 aliphatic carbocycles. The summed E-state index contributed by atoms with van der Waals surface area (Å²) in [5.41, 5.74) is 1.11. The van der Waals surface area contributed by atoms with Crippen molar-refractivity contribution >= 4 is 5.82 Å². The highest BCUT2D eigenvalue weighted by molar-refractivity contribution is 5.36. The SMILES string of the molecule is CCCNc1cc(CC)nc(C2CCCOC2)n1. The van der Waals surface area contributed by atoms with Crippen molar-refractivity contribution in [3.05, 3.63) is 17.6 Å². The van der Waals surface area contributed by atoms with E-state index in [9.17, 15) is 0 Å². The Kier molecular flexibility index (Phi) is 4.93. The minimum atomic E-state index is 0.368. The zero-order valence-electron chi connectivity index (χ0n) is 11.4. The van der Waals surface area contributed by atoms with E-state index in [2.05, 4.69) is 35.2 Å². The zero-order valence-corrected chi connectivity index (χ0v) is 11.4. The van der Waals surface area contributed by atoms with Crippen LogP contribution >= 0.6 is 0 Å². The third kappa shape index (κ3) is 3.42. The van der Waals surface area contributed by atoms with Gasteiger partial charge in [-0.3, -0.25) is 0 Å². The highest BCUT2D eigenvalue weighted by Crippen LogP contribution is 2.24. The molecule has 1 N–H and O–H groups in total. The lowest BCUT2D eigenvalue weighted by Gasteiger charge is -2.21. The molecule has 1 atom stereocenters. The quantitative estimate of drug-likeness (QED) is 0.871. The smallest absolute Gasteiger partial charge is 0.136 e. The Bertz CT molecular complexity index is 375. The summed E-state index contributed by atoms with van der Waals surface area (Å²) in [7, 11) is 0. The van der Waals surface area contributed by atoms with Crippen LogP contribution in [0.15, 0.2) is 6.07 Å². The van der Waals surface area contributed by atoms with E-state index < -0.39 is 0 Å². The van der Waals surface area contributed by atoms with Gasteiger partial charge in [-0.15, -0.1) is 0 Å². The molecule has 1 saturated heterocycles. The Hall–Kier alpha value is -1.16. The lowest BCUT2D eigenvalue weighted by molar-refractivity contribution is 0.0780. The Morgan fingerprint density at radius 2 is 2.28 bits per heavy atom. The molecule has 0 amide bonds. The largest absolute Gasteiger partial charge is 0.381 e. The summed E-state index contributed by atoms with van der Waals surface area (Å²) in [6.45, 7) is 6.89. The van der Waals surface area contributed by atoms with E-state index in [1.807, 2.05) is 0 Å². The number of anilines is 1. The van der Waals surface area contributed by atoms with Gasteiger partial charge in [0.05, 0.1) is 6.61 Å². The van der Waals surface area contributed by atoms with E-state index in [1.165, 1.54) is 0 Å². The molecule has 1 aromatic heterocycles. The van der Waals surface area contributed by atoms with Crippen LogP contribution in [0.4, 0.5) is 5.82 Å². The second-order valence-electron chi connectivity index (χ2n) is 4.80. The number of aromatic nitrogens is 2. The second-order valence-corrected chi connectivity index (χ2v) is 4.80. The number of rotatable bonds is 5. The fraction of sp³-hybridized carbons (Fsp3) is 0.714. The van der Waals surface area contributed by atoms with Crippen molar-refractivity contribution in [2.45, 2.75) is 45.4 Å². The van der Waals surface area contributed by atoms with Crippen molar-refractivity contribution in [2.24, 2.45) is 0 Å². The van der Waals surface area contributed by atoms with Crippen LogP contribution in [0, 0.1) is 0 Å². The molecule has 0 aromatic carbocycles. The molecular weight excluding hydrogens is 226 g/mol. The lowest BCUT2D eigenvalue weighted by atomic mass is 10.0. The minimum absolute atomic E-state index is 0.368. The average Bonchev–Trinajstić information content (AvgIpc) is 2.45. The zero-order chi connectivity index (χ0) is 12.8. The first-order chi connectivity index (χ1) is 8.83. The third-order valence-electron chi connectivity index (χ3n) is 3.24. The van der Waals surface area contributed by atoms with Crippen molar-refractivity contribution in [3.8, 4) is 0 Å². The monoisotopic (exact) mass is 249 g/mol. The summed E-state index contributed by atoms with van der Waals surface area (Å²) in [4.78, 5) is 9.29. The number of hydrogen-bond donors (Lipinski definition) is 1. The van der Waals surface area contributed by atoms with Crippen LogP contribution in [-0.4, -0.2) is 29.7 Å². The first kappa shape index (κ1) is 13.3. The van der Waals surface area contributed by atoms with E-state index in [0.717, 1.165) is 62.8 Å². The van der Waals surface area contributed by atoms with E-state index in [1.54, 1.807) is 0 Å². The summed E-state index contributed by atoms with van der Waals surface area (Å²) in [5.74, 6) is 2.28. The molecule has 1 aromatic rings. The van der Waals surface area contributed by atoms with Gasteiger partial charge in [0.15, 0.2) is 0 Å². The fourth-order valence-electron chi connectivity index (χ4n) is 2.17. The molecule has 0 radical (unpaired) electrons. The van der Waals surface area contributed by atoms with Crippen molar-refractivity contribution < 1.29 is 4.74 Å². The van der Waals surface area contributed by atoms with Gasteiger partial charge in [0.2, 0.25) is 0 Å². The summed E-state index contributed by atoms with van der Waals surface area (Å²) in [5, 5.41) is 3.36. The molecule has 4 heteroatoms.